The van der Waals surface area contributed by atoms with E-state index in [0.717, 1.165) is 17.7 Å². The van der Waals surface area contributed by atoms with Crippen LogP contribution in [0.25, 0.3) is 11.3 Å². The minimum Gasteiger partial charge on any atom is -0.497 e. The molecule has 3 N–H and O–H groups in total. The Kier molecular flexibility index (Phi) is 9.38. The molecule has 36 heavy (non-hydrogen) atoms. The first-order chi connectivity index (χ1) is 17.4. The number of aromatic nitrogens is 1. The maximum atomic E-state index is 6.94. The molecular weight excluding hydrogens is 464 g/mol. The summed E-state index contributed by atoms with van der Waals surface area (Å²) in [5, 5.41) is 15.0. The molecule has 0 saturated carbocycles. The van der Waals surface area contributed by atoms with Crippen molar-refractivity contribution in [2.24, 2.45) is 21.2 Å². The quantitative estimate of drug-likeness (QED) is 0.112. The third-order valence-electron chi connectivity index (χ3n) is 4.73. The van der Waals surface area contributed by atoms with E-state index >= 15 is 0 Å². The molecule has 190 valence electrons. The van der Waals surface area contributed by atoms with Gasteiger partial charge in [0.2, 0.25) is 0 Å². The van der Waals surface area contributed by atoms with Gasteiger partial charge < -0.3 is 29.3 Å². The Morgan fingerprint density at radius 3 is 2.50 bits per heavy atom. The van der Waals surface area contributed by atoms with Crippen LogP contribution in [0, 0.1) is 5.53 Å². The highest BCUT2D eigenvalue weighted by molar-refractivity contribution is 6.00. The highest BCUT2D eigenvalue weighted by Crippen LogP contribution is 2.26. The zero-order valence-electron chi connectivity index (χ0n) is 20.7. The van der Waals surface area contributed by atoms with Crippen LogP contribution in [0.5, 0.6) is 17.2 Å². The van der Waals surface area contributed by atoms with Gasteiger partial charge in [0.05, 0.1) is 13.2 Å². The Balaban J connectivity index is 1.85. The summed E-state index contributed by atoms with van der Waals surface area (Å²) in [5.41, 5.74) is 15.3. The lowest BCUT2D eigenvalue weighted by Crippen LogP contribution is -2.16. The van der Waals surface area contributed by atoms with Crippen LogP contribution in [-0.4, -0.2) is 43.1 Å². The van der Waals surface area contributed by atoms with Crippen LogP contribution in [0.4, 0.5) is 0 Å². The Bertz CT molecular complexity index is 1200. The van der Waals surface area contributed by atoms with Gasteiger partial charge in [0.15, 0.2) is 17.3 Å². The molecule has 11 heteroatoms. The van der Waals surface area contributed by atoms with Gasteiger partial charge >= 0.3 is 0 Å². The molecule has 0 fully saturated rings. The number of benzene rings is 2. The maximum absolute atomic E-state index is 6.94. The molecule has 3 rings (SSSR count). The van der Waals surface area contributed by atoms with E-state index in [4.69, 9.17) is 34.8 Å². The van der Waals surface area contributed by atoms with Crippen LogP contribution in [-0.2, 0) is 4.84 Å². The van der Waals surface area contributed by atoms with Gasteiger partial charge in [-0.05, 0) is 56.7 Å². The van der Waals surface area contributed by atoms with Crippen LogP contribution < -0.4 is 19.9 Å². The monoisotopic (exact) mass is 494 g/mol. The molecule has 11 nitrogen and oxygen atoms in total. The molecule has 0 radical (unpaired) electrons. The highest BCUT2D eigenvalue weighted by atomic mass is 16.6. The second-order valence-corrected chi connectivity index (χ2v) is 7.91. The van der Waals surface area contributed by atoms with E-state index in [2.05, 4.69) is 20.6 Å². The molecule has 0 aliphatic heterocycles. The molecule has 2 aromatic carbocycles. The van der Waals surface area contributed by atoms with Crippen molar-refractivity contribution < 1.29 is 23.6 Å². The molecule has 3 aromatic rings. The fourth-order valence-corrected chi connectivity index (χ4v) is 3.07. The summed E-state index contributed by atoms with van der Waals surface area (Å²) in [6.45, 7) is 6.26. The molecule has 0 aliphatic rings. The average molecular weight is 495 g/mol. The van der Waals surface area contributed by atoms with E-state index < -0.39 is 0 Å². The first kappa shape index (κ1) is 26.2. The third-order valence-corrected chi connectivity index (χ3v) is 4.73. The van der Waals surface area contributed by atoms with E-state index in [1.807, 2.05) is 45.0 Å². The van der Waals surface area contributed by atoms with Crippen LogP contribution in [0.15, 0.2) is 68.5 Å². The van der Waals surface area contributed by atoms with Crippen molar-refractivity contribution >= 4 is 11.5 Å². The second kappa shape index (κ2) is 12.9. The number of ether oxygens (including phenoxy) is 3. The molecule has 0 atom stereocenters. The highest BCUT2D eigenvalue weighted by Gasteiger charge is 2.16. The minimum atomic E-state index is -0.0720. The van der Waals surface area contributed by atoms with Gasteiger partial charge in [-0.2, -0.15) is 5.53 Å². The van der Waals surface area contributed by atoms with Crippen LogP contribution >= 0.6 is 0 Å². The summed E-state index contributed by atoms with van der Waals surface area (Å²) < 4.78 is 22.6. The zero-order chi connectivity index (χ0) is 25.9. The van der Waals surface area contributed by atoms with Gasteiger partial charge in [0.25, 0.3) is 0 Å². The second-order valence-electron chi connectivity index (χ2n) is 7.91. The molecule has 0 unspecified atom stereocenters. The number of oxime groups is 1. The summed E-state index contributed by atoms with van der Waals surface area (Å²) >= 11 is 0. The molecule has 0 aliphatic carbocycles. The Morgan fingerprint density at radius 1 is 1.08 bits per heavy atom. The SMILES string of the molecule is CCCON=C(COc1cc(OC(C)C)cc(C(N)=NN=N)c1)c1cc(-c2ccc(OC)cc2)no1. The van der Waals surface area contributed by atoms with E-state index in [1.54, 1.807) is 31.4 Å². The van der Waals surface area contributed by atoms with Gasteiger partial charge in [-0.3, -0.25) is 0 Å². The summed E-state index contributed by atoms with van der Waals surface area (Å²) in [5.74, 6) is 2.19. The summed E-state index contributed by atoms with van der Waals surface area (Å²) in [7, 11) is 1.61. The Labute approximate surface area is 209 Å². The molecule has 1 aromatic heterocycles. The molecule has 0 saturated heterocycles. The number of methoxy groups -OCH3 is 1. The Morgan fingerprint density at radius 2 is 1.83 bits per heavy atom. The van der Waals surface area contributed by atoms with Gasteiger partial charge in [-0.25, -0.2) is 0 Å². The van der Waals surface area contributed by atoms with Gasteiger partial charge in [-0.15, -0.1) is 5.10 Å². The number of rotatable bonds is 13. The molecule has 0 bridgehead atoms. The van der Waals surface area contributed by atoms with Gasteiger partial charge in [-0.1, -0.05) is 22.5 Å². The fourth-order valence-electron chi connectivity index (χ4n) is 3.07. The lowest BCUT2D eigenvalue weighted by molar-refractivity contribution is 0.142. The molecule has 0 amide bonds. The number of amidine groups is 1. The third kappa shape index (κ3) is 7.29. The van der Waals surface area contributed by atoms with E-state index in [1.165, 1.54) is 0 Å². The standard InChI is InChI=1S/C25H30N6O5/c1-5-10-34-29-23(24-14-22(30-36-24)17-6-8-19(32-4)9-7-17)15-33-20-11-18(25(26)28-31-27)12-21(13-20)35-16(2)3/h6-9,11-14,16H,5,10,15H2,1-4H3,(H3,26,27,28). The van der Waals surface area contributed by atoms with Gasteiger partial charge in [0.1, 0.15) is 36.2 Å². The zero-order valence-corrected chi connectivity index (χ0v) is 20.7. The fraction of sp³-hybridized carbons (Fsp3) is 0.320. The lowest BCUT2D eigenvalue weighted by Gasteiger charge is -2.14. The minimum absolute atomic E-state index is 0.0192. The summed E-state index contributed by atoms with van der Waals surface area (Å²) in [4.78, 5) is 5.41. The first-order valence-corrected chi connectivity index (χ1v) is 11.4. The topological polar surface area (TPSA) is 150 Å². The number of nitrogens with one attached hydrogen (secondary N) is 1. The molecule has 0 spiro atoms. The van der Waals surface area contributed by atoms with Crippen molar-refractivity contribution in [3.8, 4) is 28.5 Å². The van der Waals surface area contributed by atoms with Crippen molar-refractivity contribution in [1.82, 2.24) is 5.16 Å². The largest absolute Gasteiger partial charge is 0.497 e. The van der Waals surface area contributed by atoms with Crippen molar-refractivity contribution in [1.29, 1.82) is 5.53 Å². The smallest absolute Gasteiger partial charge is 0.188 e. The average Bonchev–Trinajstić information content (AvgIpc) is 3.36. The van der Waals surface area contributed by atoms with Crippen molar-refractivity contribution in [3.05, 3.63) is 59.9 Å². The predicted molar refractivity (Wildman–Crippen MR) is 135 cm³/mol. The van der Waals surface area contributed by atoms with Gasteiger partial charge in [0, 0.05) is 23.3 Å². The predicted octanol–water partition coefficient (Wildman–Crippen LogP) is 5.00. The van der Waals surface area contributed by atoms with Crippen molar-refractivity contribution in [3.63, 3.8) is 0 Å². The van der Waals surface area contributed by atoms with Crippen LogP contribution in [0.1, 0.15) is 38.5 Å². The van der Waals surface area contributed by atoms with Crippen LogP contribution in [0.3, 0.4) is 0 Å². The molecule has 1 heterocycles. The maximum Gasteiger partial charge on any atom is 0.188 e. The number of nitrogens with zero attached hydrogens (tertiary/aromatic N) is 4. The number of hydrogen-bond acceptors (Lipinski definition) is 9. The Hall–Kier alpha value is -4.41. The summed E-state index contributed by atoms with van der Waals surface area (Å²) in [6.07, 6.45) is 0.722. The lowest BCUT2D eigenvalue weighted by atomic mass is 10.1. The van der Waals surface area contributed by atoms with Crippen molar-refractivity contribution in [2.45, 2.75) is 33.3 Å². The van der Waals surface area contributed by atoms with E-state index in [-0.39, 0.29) is 18.5 Å². The first-order valence-electron chi connectivity index (χ1n) is 11.4. The van der Waals surface area contributed by atoms with E-state index in [0.29, 0.717) is 40.8 Å². The number of hydrogen-bond donors (Lipinski definition) is 2. The van der Waals surface area contributed by atoms with E-state index in [9.17, 15) is 0 Å². The molecular formula is C25H30N6O5. The van der Waals surface area contributed by atoms with Crippen LogP contribution in [0.2, 0.25) is 0 Å². The number of nitrogens with two attached hydrogens (primary N) is 1. The van der Waals surface area contributed by atoms with Crippen molar-refractivity contribution in [2.75, 3.05) is 20.3 Å². The summed E-state index contributed by atoms with van der Waals surface area (Å²) in [6, 6.07) is 14.3. The normalized spacial score (nSPS) is 11.9.